The Morgan fingerprint density at radius 2 is 2.20 bits per heavy atom. The van der Waals surface area contributed by atoms with Gasteiger partial charge in [-0.2, -0.15) is 5.10 Å². The zero-order valence-electron chi connectivity index (χ0n) is 12.2. The predicted octanol–water partition coefficient (Wildman–Crippen LogP) is 3.48. The second-order valence-corrected chi connectivity index (χ2v) is 6.67. The molecule has 20 heavy (non-hydrogen) atoms. The second-order valence-electron chi connectivity index (χ2n) is 5.03. The molecular formula is C13H20BrN5S. The van der Waals surface area contributed by atoms with Crippen LogP contribution in [0.2, 0.25) is 0 Å². The summed E-state index contributed by atoms with van der Waals surface area (Å²) >= 11 is 5.08. The Morgan fingerprint density at radius 1 is 1.45 bits per heavy atom. The van der Waals surface area contributed by atoms with E-state index in [1.807, 2.05) is 13.1 Å². The average molecular weight is 358 g/mol. The zero-order valence-corrected chi connectivity index (χ0v) is 14.6. The van der Waals surface area contributed by atoms with Crippen molar-refractivity contribution in [2.75, 3.05) is 6.54 Å². The molecule has 2 aromatic rings. The first-order chi connectivity index (χ1) is 9.56. The Hall–Kier alpha value is -0.790. The number of halogens is 1. The van der Waals surface area contributed by atoms with Crippen LogP contribution in [0.3, 0.4) is 0 Å². The maximum atomic E-state index is 4.48. The van der Waals surface area contributed by atoms with Gasteiger partial charge in [-0.1, -0.05) is 11.4 Å². The fourth-order valence-corrected chi connectivity index (χ4v) is 3.36. The third-order valence-corrected chi connectivity index (χ3v) is 4.60. The van der Waals surface area contributed by atoms with Crippen LogP contribution in [0.4, 0.5) is 0 Å². The lowest BCUT2D eigenvalue weighted by atomic mass is 10.1. The molecule has 0 saturated heterocycles. The van der Waals surface area contributed by atoms with E-state index in [2.05, 4.69) is 61.4 Å². The summed E-state index contributed by atoms with van der Waals surface area (Å²) in [4.78, 5) is 1.15. The number of hydrogen-bond donors (Lipinski definition) is 1. The highest BCUT2D eigenvalue weighted by atomic mass is 79.9. The molecule has 110 valence electrons. The molecule has 5 nitrogen and oxygen atoms in total. The Labute approximate surface area is 132 Å². The van der Waals surface area contributed by atoms with Gasteiger partial charge < -0.3 is 5.32 Å². The molecule has 2 heterocycles. The SMILES string of the molecule is CCCNC(c1snnc1C)c1c(Br)cnn1C(C)C. The lowest BCUT2D eigenvalue weighted by molar-refractivity contribution is 0.472. The second kappa shape index (κ2) is 6.78. The van der Waals surface area contributed by atoms with Gasteiger partial charge in [0.05, 0.1) is 33.0 Å². The molecule has 0 aromatic carbocycles. The van der Waals surface area contributed by atoms with Crippen molar-refractivity contribution in [1.82, 2.24) is 24.7 Å². The van der Waals surface area contributed by atoms with Gasteiger partial charge in [-0.05, 0) is 61.2 Å². The zero-order chi connectivity index (χ0) is 14.7. The summed E-state index contributed by atoms with van der Waals surface area (Å²) in [5, 5.41) is 12.2. The largest absolute Gasteiger partial charge is 0.304 e. The minimum Gasteiger partial charge on any atom is -0.304 e. The lowest BCUT2D eigenvalue weighted by Crippen LogP contribution is -2.26. The van der Waals surface area contributed by atoms with E-state index in [0.717, 1.165) is 33.7 Å². The average Bonchev–Trinajstić information content (AvgIpc) is 2.98. The van der Waals surface area contributed by atoms with Gasteiger partial charge in [-0.25, -0.2) is 0 Å². The molecule has 0 spiro atoms. The summed E-state index contributed by atoms with van der Waals surface area (Å²) in [6.45, 7) is 9.38. The van der Waals surface area contributed by atoms with E-state index in [1.165, 1.54) is 11.5 Å². The number of nitrogens with zero attached hydrogens (tertiary/aromatic N) is 4. The maximum absolute atomic E-state index is 4.48. The Balaban J connectivity index is 2.46. The third kappa shape index (κ3) is 3.10. The van der Waals surface area contributed by atoms with Crippen LogP contribution in [0.15, 0.2) is 10.7 Å². The molecule has 0 fully saturated rings. The normalized spacial score (nSPS) is 13.1. The van der Waals surface area contributed by atoms with Gasteiger partial charge in [-0.15, -0.1) is 5.10 Å². The number of aryl methyl sites for hydroxylation is 1. The van der Waals surface area contributed by atoms with Gasteiger partial charge in [0.2, 0.25) is 0 Å². The third-order valence-electron chi connectivity index (χ3n) is 3.10. The summed E-state index contributed by atoms with van der Waals surface area (Å²) in [7, 11) is 0. The predicted molar refractivity (Wildman–Crippen MR) is 85.1 cm³/mol. The first-order valence-electron chi connectivity index (χ1n) is 6.81. The Morgan fingerprint density at radius 3 is 2.75 bits per heavy atom. The molecule has 2 aromatic heterocycles. The molecular weight excluding hydrogens is 338 g/mol. The van der Waals surface area contributed by atoms with Crippen molar-refractivity contribution in [2.45, 2.75) is 46.2 Å². The van der Waals surface area contributed by atoms with Crippen LogP contribution in [0.1, 0.15) is 55.5 Å². The molecule has 0 aliphatic carbocycles. The van der Waals surface area contributed by atoms with Crippen LogP contribution in [-0.2, 0) is 0 Å². The summed E-state index contributed by atoms with van der Waals surface area (Å²) < 4.78 is 7.14. The van der Waals surface area contributed by atoms with E-state index >= 15 is 0 Å². The van der Waals surface area contributed by atoms with Crippen molar-refractivity contribution in [3.63, 3.8) is 0 Å². The molecule has 0 amide bonds. The Kier molecular flexibility index (Phi) is 5.29. The van der Waals surface area contributed by atoms with Crippen molar-refractivity contribution in [1.29, 1.82) is 0 Å². The fourth-order valence-electron chi connectivity index (χ4n) is 2.14. The summed E-state index contributed by atoms with van der Waals surface area (Å²) in [5.41, 5.74) is 2.12. The van der Waals surface area contributed by atoms with Crippen molar-refractivity contribution in [2.24, 2.45) is 0 Å². The number of aromatic nitrogens is 4. The van der Waals surface area contributed by atoms with Crippen LogP contribution in [0, 0.1) is 6.92 Å². The van der Waals surface area contributed by atoms with E-state index in [1.54, 1.807) is 0 Å². The van der Waals surface area contributed by atoms with Gasteiger partial charge >= 0.3 is 0 Å². The summed E-state index contributed by atoms with van der Waals surface area (Å²) in [6, 6.07) is 0.387. The van der Waals surface area contributed by atoms with Crippen LogP contribution in [0.5, 0.6) is 0 Å². The summed E-state index contributed by atoms with van der Waals surface area (Å²) in [6.07, 6.45) is 2.94. The molecule has 1 N–H and O–H groups in total. The highest BCUT2D eigenvalue weighted by Crippen LogP contribution is 2.33. The standard InChI is InChI=1S/C13H20BrN5S/c1-5-6-15-11(13-9(4)17-18-20-13)12-10(14)7-16-19(12)8(2)3/h7-8,11,15H,5-6H2,1-4H3. The quantitative estimate of drug-likeness (QED) is 0.859. The van der Waals surface area contributed by atoms with Crippen LogP contribution in [0.25, 0.3) is 0 Å². The van der Waals surface area contributed by atoms with Crippen molar-refractivity contribution < 1.29 is 0 Å². The molecule has 2 rings (SSSR count). The van der Waals surface area contributed by atoms with E-state index in [-0.39, 0.29) is 6.04 Å². The molecule has 0 aliphatic rings. The van der Waals surface area contributed by atoms with Crippen molar-refractivity contribution >= 4 is 27.5 Å². The molecule has 7 heteroatoms. The van der Waals surface area contributed by atoms with Gasteiger partial charge in [0, 0.05) is 6.04 Å². The van der Waals surface area contributed by atoms with Gasteiger partial charge in [0.15, 0.2) is 0 Å². The first kappa shape index (κ1) is 15.6. The fraction of sp³-hybridized carbons (Fsp3) is 0.615. The molecule has 1 unspecified atom stereocenters. The molecule has 0 bridgehead atoms. The van der Waals surface area contributed by atoms with Gasteiger partial charge in [0.25, 0.3) is 0 Å². The minimum absolute atomic E-state index is 0.0780. The van der Waals surface area contributed by atoms with Crippen LogP contribution < -0.4 is 5.32 Å². The first-order valence-corrected chi connectivity index (χ1v) is 8.38. The van der Waals surface area contributed by atoms with Crippen molar-refractivity contribution in [3.05, 3.63) is 26.9 Å². The van der Waals surface area contributed by atoms with E-state index in [4.69, 9.17) is 0 Å². The maximum Gasteiger partial charge on any atom is 0.0888 e. The number of hydrogen-bond acceptors (Lipinski definition) is 5. The van der Waals surface area contributed by atoms with E-state index in [0.29, 0.717) is 6.04 Å². The summed E-state index contributed by atoms with van der Waals surface area (Å²) in [5.74, 6) is 0. The minimum atomic E-state index is 0.0780. The Bertz CT molecular complexity index is 563. The van der Waals surface area contributed by atoms with Crippen LogP contribution in [-0.4, -0.2) is 25.9 Å². The molecule has 0 radical (unpaired) electrons. The topological polar surface area (TPSA) is 55.6 Å². The molecule has 0 saturated carbocycles. The van der Waals surface area contributed by atoms with Gasteiger partial charge in [0.1, 0.15) is 0 Å². The highest BCUT2D eigenvalue weighted by molar-refractivity contribution is 9.10. The molecule has 1 atom stereocenters. The number of nitrogens with one attached hydrogen (secondary N) is 1. The highest BCUT2D eigenvalue weighted by Gasteiger charge is 2.26. The lowest BCUT2D eigenvalue weighted by Gasteiger charge is -2.21. The van der Waals surface area contributed by atoms with Crippen LogP contribution >= 0.6 is 27.5 Å². The van der Waals surface area contributed by atoms with Crippen molar-refractivity contribution in [3.8, 4) is 0 Å². The van der Waals surface area contributed by atoms with E-state index < -0.39 is 0 Å². The monoisotopic (exact) mass is 357 g/mol. The number of rotatable bonds is 6. The van der Waals surface area contributed by atoms with Gasteiger partial charge in [-0.3, -0.25) is 4.68 Å². The van der Waals surface area contributed by atoms with E-state index in [9.17, 15) is 0 Å². The molecule has 0 aliphatic heterocycles. The smallest absolute Gasteiger partial charge is 0.0888 e.